The van der Waals surface area contributed by atoms with Gasteiger partial charge >= 0.3 is 0 Å². The molecule has 1 atom stereocenters. The summed E-state index contributed by atoms with van der Waals surface area (Å²) in [5, 5.41) is 9.11. The molecule has 3 nitrogen and oxygen atoms in total. The molecule has 0 bridgehead atoms. The van der Waals surface area contributed by atoms with Gasteiger partial charge in [-0.25, -0.2) is 4.39 Å². The van der Waals surface area contributed by atoms with Gasteiger partial charge in [0.25, 0.3) is 5.91 Å². The minimum Gasteiger partial charge on any atom is -0.508 e. The van der Waals surface area contributed by atoms with E-state index in [-0.39, 0.29) is 23.3 Å². The number of nitrogens with zero attached hydrogens (tertiary/aromatic N) is 1. The molecule has 100 valence electrons. The van der Waals surface area contributed by atoms with E-state index in [0.29, 0.717) is 0 Å². The van der Waals surface area contributed by atoms with Crippen LogP contribution in [0.4, 0.5) is 4.39 Å². The Bertz CT molecular complexity index is 425. The van der Waals surface area contributed by atoms with Gasteiger partial charge in [0, 0.05) is 24.9 Å². The maximum absolute atomic E-state index is 13.6. The molecule has 5 heteroatoms. The lowest BCUT2D eigenvalue weighted by Gasteiger charge is -2.24. The van der Waals surface area contributed by atoms with E-state index in [2.05, 4.69) is 6.92 Å². The van der Waals surface area contributed by atoms with E-state index in [1.807, 2.05) is 6.92 Å². The second-order valence-corrected chi connectivity index (χ2v) is 5.41. The van der Waals surface area contributed by atoms with Crippen LogP contribution >= 0.6 is 11.8 Å². The third-order valence-corrected chi connectivity index (χ3v) is 3.85. The number of halogens is 1. The van der Waals surface area contributed by atoms with Gasteiger partial charge in [-0.1, -0.05) is 6.92 Å². The van der Waals surface area contributed by atoms with E-state index >= 15 is 0 Å². The fraction of sp³-hybridized carbons (Fsp3) is 0.462. The van der Waals surface area contributed by atoms with Crippen LogP contribution in [0.3, 0.4) is 0 Å². The predicted octanol–water partition coefficient (Wildman–Crippen LogP) is 2.74. The fourth-order valence-electron chi connectivity index (χ4n) is 1.47. The summed E-state index contributed by atoms with van der Waals surface area (Å²) in [5.41, 5.74) is -0.0105. The minimum absolute atomic E-state index is 0.0105. The van der Waals surface area contributed by atoms with Gasteiger partial charge in [-0.3, -0.25) is 4.79 Å². The molecule has 0 saturated carbocycles. The monoisotopic (exact) mass is 271 g/mol. The maximum atomic E-state index is 13.6. The molecule has 0 heterocycles. The summed E-state index contributed by atoms with van der Waals surface area (Å²) in [5.74, 6) is 0.568. The Morgan fingerprint density at radius 3 is 2.78 bits per heavy atom. The SMILES string of the molecule is CCSCC(C)N(C)C(=O)c1ccc(O)cc1F. The van der Waals surface area contributed by atoms with Crippen LogP contribution in [0.1, 0.15) is 24.2 Å². The Labute approximate surface area is 111 Å². The van der Waals surface area contributed by atoms with E-state index in [9.17, 15) is 9.18 Å². The highest BCUT2D eigenvalue weighted by Crippen LogP contribution is 2.18. The number of amides is 1. The number of hydrogen-bond donors (Lipinski definition) is 1. The number of hydrogen-bond acceptors (Lipinski definition) is 3. The number of benzene rings is 1. The Morgan fingerprint density at radius 2 is 2.22 bits per heavy atom. The maximum Gasteiger partial charge on any atom is 0.256 e. The molecule has 0 saturated heterocycles. The molecule has 0 fully saturated rings. The molecule has 1 unspecified atom stereocenters. The molecule has 0 aliphatic rings. The van der Waals surface area contributed by atoms with Crippen molar-refractivity contribution >= 4 is 17.7 Å². The molecule has 18 heavy (non-hydrogen) atoms. The number of thioether (sulfide) groups is 1. The summed E-state index contributed by atoms with van der Waals surface area (Å²) in [7, 11) is 1.66. The normalized spacial score (nSPS) is 12.2. The Hall–Kier alpha value is -1.23. The Morgan fingerprint density at radius 1 is 1.56 bits per heavy atom. The first-order valence-corrected chi connectivity index (χ1v) is 6.96. The van der Waals surface area contributed by atoms with Crippen molar-refractivity contribution in [2.75, 3.05) is 18.6 Å². The van der Waals surface area contributed by atoms with E-state index in [0.717, 1.165) is 17.6 Å². The van der Waals surface area contributed by atoms with Crippen molar-refractivity contribution in [1.29, 1.82) is 0 Å². The molecule has 1 N–H and O–H groups in total. The average molecular weight is 271 g/mol. The molecule has 0 spiro atoms. The molecule has 1 amide bonds. The summed E-state index contributed by atoms with van der Waals surface area (Å²) in [6.07, 6.45) is 0. The highest BCUT2D eigenvalue weighted by atomic mass is 32.2. The van der Waals surface area contributed by atoms with Crippen molar-refractivity contribution < 1.29 is 14.3 Å². The highest BCUT2D eigenvalue weighted by Gasteiger charge is 2.20. The Balaban J connectivity index is 2.79. The van der Waals surface area contributed by atoms with Crippen molar-refractivity contribution in [1.82, 2.24) is 4.90 Å². The quantitative estimate of drug-likeness (QED) is 0.895. The van der Waals surface area contributed by atoms with Gasteiger partial charge in [0.05, 0.1) is 5.56 Å². The van der Waals surface area contributed by atoms with Crippen LogP contribution in [0.25, 0.3) is 0 Å². The molecule has 0 aliphatic heterocycles. The third kappa shape index (κ3) is 3.63. The van der Waals surface area contributed by atoms with Crippen LogP contribution in [0, 0.1) is 5.82 Å². The van der Waals surface area contributed by atoms with Crippen molar-refractivity contribution in [2.24, 2.45) is 0 Å². The van der Waals surface area contributed by atoms with E-state index in [4.69, 9.17) is 5.11 Å². The lowest BCUT2D eigenvalue weighted by Crippen LogP contribution is -2.37. The molecule has 0 aliphatic carbocycles. The smallest absolute Gasteiger partial charge is 0.256 e. The molecule has 1 aromatic rings. The summed E-state index contributed by atoms with van der Waals surface area (Å²) in [6, 6.07) is 3.61. The highest BCUT2D eigenvalue weighted by molar-refractivity contribution is 7.99. The number of rotatable bonds is 5. The van der Waals surface area contributed by atoms with E-state index < -0.39 is 5.82 Å². The molecule has 0 aromatic heterocycles. The number of aromatic hydroxyl groups is 1. The summed E-state index contributed by atoms with van der Waals surface area (Å²) in [4.78, 5) is 13.6. The Kier molecular flexibility index (Phi) is 5.47. The third-order valence-electron chi connectivity index (χ3n) is 2.73. The zero-order valence-corrected chi connectivity index (χ0v) is 11.6. The van der Waals surface area contributed by atoms with Crippen LogP contribution in [0.2, 0.25) is 0 Å². The predicted molar refractivity (Wildman–Crippen MR) is 72.6 cm³/mol. The first kappa shape index (κ1) is 14.8. The second-order valence-electron chi connectivity index (χ2n) is 4.09. The molecule has 1 rings (SSSR count). The second kappa shape index (κ2) is 6.64. The van der Waals surface area contributed by atoms with Gasteiger partial charge in [-0.2, -0.15) is 11.8 Å². The van der Waals surface area contributed by atoms with E-state index in [1.54, 1.807) is 18.8 Å². The molecular weight excluding hydrogens is 253 g/mol. The fourth-order valence-corrected chi connectivity index (χ4v) is 2.27. The van der Waals surface area contributed by atoms with Crippen LogP contribution in [-0.4, -0.2) is 40.5 Å². The summed E-state index contributed by atoms with van der Waals surface area (Å²) >= 11 is 1.74. The number of carbonyl (C=O) groups excluding carboxylic acids is 1. The van der Waals surface area contributed by atoms with Gasteiger partial charge in [-0.05, 0) is 24.8 Å². The van der Waals surface area contributed by atoms with Crippen LogP contribution in [-0.2, 0) is 0 Å². The van der Waals surface area contributed by atoms with Gasteiger partial charge in [0.2, 0.25) is 0 Å². The first-order chi connectivity index (χ1) is 8.47. The zero-order valence-electron chi connectivity index (χ0n) is 10.8. The summed E-state index contributed by atoms with van der Waals surface area (Å²) < 4.78 is 13.6. The molecular formula is C13H18FNO2S. The average Bonchev–Trinajstić information content (AvgIpc) is 2.34. The van der Waals surface area contributed by atoms with Crippen LogP contribution in [0.15, 0.2) is 18.2 Å². The number of phenolic OH excluding ortho intramolecular Hbond substituents is 1. The van der Waals surface area contributed by atoms with Crippen LogP contribution in [0.5, 0.6) is 5.75 Å². The first-order valence-electron chi connectivity index (χ1n) is 5.80. The largest absolute Gasteiger partial charge is 0.508 e. The van der Waals surface area contributed by atoms with Gasteiger partial charge < -0.3 is 10.0 Å². The molecule has 1 aromatic carbocycles. The van der Waals surface area contributed by atoms with Gasteiger partial charge in [-0.15, -0.1) is 0 Å². The summed E-state index contributed by atoms with van der Waals surface area (Å²) in [6.45, 7) is 3.98. The lowest BCUT2D eigenvalue weighted by atomic mass is 10.1. The van der Waals surface area contributed by atoms with Crippen molar-refractivity contribution in [3.05, 3.63) is 29.6 Å². The van der Waals surface area contributed by atoms with Crippen molar-refractivity contribution in [2.45, 2.75) is 19.9 Å². The topological polar surface area (TPSA) is 40.5 Å². The number of carbonyl (C=O) groups is 1. The van der Waals surface area contributed by atoms with Crippen LogP contribution < -0.4 is 0 Å². The number of phenols is 1. The van der Waals surface area contributed by atoms with Gasteiger partial charge in [0.15, 0.2) is 0 Å². The standard InChI is InChI=1S/C13H18FNO2S/c1-4-18-8-9(2)15(3)13(17)11-6-5-10(16)7-12(11)14/h5-7,9,16H,4,8H2,1-3H3. The van der Waals surface area contributed by atoms with E-state index in [1.165, 1.54) is 17.0 Å². The van der Waals surface area contributed by atoms with Crippen molar-refractivity contribution in [3.8, 4) is 5.75 Å². The zero-order chi connectivity index (χ0) is 13.7. The lowest BCUT2D eigenvalue weighted by molar-refractivity contribution is 0.0753. The molecule has 0 radical (unpaired) electrons. The van der Waals surface area contributed by atoms with Gasteiger partial charge in [0.1, 0.15) is 11.6 Å². The minimum atomic E-state index is -0.692. The van der Waals surface area contributed by atoms with Crippen molar-refractivity contribution in [3.63, 3.8) is 0 Å².